The summed E-state index contributed by atoms with van der Waals surface area (Å²) in [6.07, 6.45) is 0. The molecule has 0 heterocycles. The molecule has 0 unspecified atom stereocenters. The van der Waals surface area contributed by atoms with Gasteiger partial charge in [0.25, 0.3) is 5.91 Å². The highest BCUT2D eigenvalue weighted by Crippen LogP contribution is 2.06. The summed E-state index contributed by atoms with van der Waals surface area (Å²) in [6, 6.07) is 8.74. The van der Waals surface area contributed by atoms with Crippen molar-refractivity contribution in [2.24, 2.45) is 0 Å². The smallest absolute Gasteiger partial charge is 0.274 e. The van der Waals surface area contributed by atoms with Crippen molar-refractivity contribution < 1.29 is 14.7 Å². The number of hydrogen-bond acceptors (Lipinski definition) is 3. The largest absolute Gasteiger partial charge is 0.393 e. The average Bonchev–Trinajstić information content (AvgIpc) is 2.27. The number of hydrogen-bond donors (Lipinski definition) is 2. The molecule has 2 N–H and O–H groups in total. The lowest BCUT2D eigenvalue weighted by molar-refractivity contribution is -0.0956. The third kappa shape index (κ3) is 3.69. The Morgan fingerprint density at radius 2 is 2.00 bits per heavy atom. The second kappa shape index (κ2) is 4.91. The number of nitrogens with one attached hydrogen (secondary N) is 1. The van der Waals surface area contributed by atoms with E-state index in [0.29, 0.717) is 5.56 Å². The third-order valence-corrected chi connectivity index (χ3v) is 1.84. The molecule has 0 spiro atoms. The van der Waals surface area contributed by atoms with Gasteiger partial charge in [-0.05, 0) is 26.0 Å². The van der Waals surface area contributed by atoms with Crippen LogP contribution in [0.15, 0.2) is 30.3 Å². The fourth-order valence-corrected chi connectivity index (χ4v) is 0.865. The molecule has 0 saturated carbocycles. The van der Waals surface area contributed by atoms with E-state index < -0.39 is 5.60 Å². The molecule has 0 aliphatic heterocycles. The van der Waals surface area contributed by atoms with Crippen LogP contribution >= 0.6 is 0 Å². The quantitative estimate of drug-likeness (QED) is 0.730. The van der Waals surface area contributed by atoms with E-state index in [1.165, 1.54) is 0 Å². The number of amides is 1. The Kier molecular flexibility index (Phi) is 3.82. The van der Waals surface area contributed by atoms with Crippen molar-refractivity contribution in [1.29, 1.82) is 0 Å². The number of carbonyl (C=O) groups is 1. The highest BCUT2D eigenvalue weighted by Gasteiger charge is 2.19. The molecule has 0 bridgehead atoms. The minimum atomic E-state index is -0.773. The summed E-state index contributed by atoms with van der Waals surface area (Å²) < 4.78 is 0. The van der Waals surface area contributed by atoms with Gasteiger partial charge in [0.15, 0.2) is 0 Å². The van der Waals surface area contributed by atoms with Gasteiger partial charge in [0.1, 0.15) is 5.60 Å². The monoisotopic (exact) mass is 209 g/mol. The van der Waals surface area contributed by atoms with Crippen LogP contribution in [0.25, 0.3) is 0 Å². The second-order valence-corrected chi connectivity index (χ2v) is 3.82. The minimum absolute atomic E-state index is 0.165. The van der Waals surface area contributed by atoms with E-state index in [4.69, 9.17) is 9.94 Å². The number of hydroxylamine groups is 1. The molecule has 0 fully saturated rings. The maximum atomic E-state index is 11.5. The lowest BCUT2D eigenvalue weighted by Crippen LogP contribution is -2.38. The Labute approximate surface area is 88.8 Å². The van der Waals surface area contributed by atoms with E-state index in [2.05, 4.69) is 5.48 Å². The Hall–Kier alpha value is -1.39. The van der Waals surface area contributed by atoms with Crippen molar-refractivity contribution in [3.63, 3.8) is 0 Å². The molecular weight excluding hydrogens is 194 g/mol. The Morgan fingerprint density at radius 1 is 1.40 bits per heavy atom. The van der Waals surface area contributed by atoms with E-state index in [1.807, 2.05) is 6.07 Å². The first-order valence-corrected chi connectivity index (χ1v) is 4.69. The van der Waals surface area contributed by atoms with Gasteiger partial charge < -0.3 is 5.11 Å². The summed E-state index contributed by atoms with van der Waals surface area (Å²) in [4.78, 5) is 16.5. The number of carbonyl (C=O) groups excluding carboxylic acids is 1. The van der Waals surface area contributed by atoms with Crippen molar-refractivity contribution in [1.82, 2.24) is 5.48 Å². The zero-order chi connectivity index (χ0) is 11.3. The van der Waals surface area contributed by atoms with Crippen LogP contribution in [0.4, 0.5) is 0 Å². The zero-order valence-electron chi connectivity index (χ0n) is 8.86. The third-order valence-electron chi connectivity index (χ3n) is 1.84. The van der Waals surface area contributed by atoms with Gasteiger partial charge >= 0.3 is 0 Å². The average molecular weight is 209 g/mol. The van der Waals surface area contributed by atoms with Crippen LogP contribution < -0.4 is 5.48 Å². The van der Waals surface area contributed by atoms with Crippen LogP contribution in [-0.4, -0.2) is 23.2 Å². The maximum absolute atomic E-state index is 11.5. The van der Waals surface area contributed by atoms with E-state index >= 15 is 0 Å². The van der Waals surface area contributed by atoms with E-state index in [1.54, 1.807) is 38.1 Å². The molecule has 0 radical (unpaired) electrons. The van der Waals surface area contributed by atoms with Crippen molar-refractivity contribution in [3.05, 3.63) is 35.9 Å². The number of rotatable bonds is 4. The van der Waals surface area contributed by atoms with Gasteiger partial charge in [-0.15, -0.1) is 0 Å². The van der Waals surface area contributed by atoms with Crippen molar-refractivity contribution in [3.8, 4) is 0 Å². The molecular formula is C11H15NO3. The van der Waals surface area contributed by atoms with Crippen molar-refractivity contribution >= 4 is 5.91 Å². The van der Waals surface area contributed by atoms with E-state index in [0.717, 1.165) is 0 Å². The van der Waals surface area contributed by atoms with E-state index in [9.17, 15) is 4.79 Å². The maximum Gasteiger partial charge on any atom is 0.274 e. The molecule has 15 heavy (non-hydrogen) atoms. The van der Waals surface area contributed by atoms with Crippen molar-refractivity contribution in [2.45, 2.75) is 19.4 Å². The summed E-state index contributed by atoms with van der Waals surface area (Å²) in [5.41, 5.74) is 2.04. The first-order valence-electron chi connectivity index (χ1n) is 4.69. The fourth-order valence-electron chi connectivity index (χ4n) is 0.865. The standard InChI is InChI=1S/C11H15NO3/c1-11(2,8-13)15-12-10(14)9-6-4-3-5-7-9/h3-7,13H,8H2,1-2H3,(H,12,14). The Balaban J connectivity index is 2.51. The predicted molar refractivity (Wildman–Crippen MR) is 56.2 cm³/mol. The SMILES string of the molecule is CC(C)(CO)ONC(=O)c1ccccc1. The first kappa shape index (κ1) is 11.7. The molecule has 1 amide bonds. The highest BCUT2D eigenvalue weighted by atomic mass is 16.7. The van der Waals surface area contributed by atoms with Gasteiger partial charge in [0.2, 0.25) is 0 Å². The molecule has 0 aliphatic rings. The normalized spacial score (nSPS) is 11.1. The topological polar surface area (TPSA) is 58.6 Å². The number of aliphatic hydroxyl groups excluding tert-OH is 1. The lowest BCUT2D eigenvalue weighted by Gasteiger charge is -2.21. The second-order valence-electron chi connectivity index (χ2n) is 3.82. The molecule has 0 aromatic heterocycles. The molecule has 4 heteroatoms. The first-order chi connectivity index (χ1) is 7.05. The number of benzene rings is 1. The fraction of sp³-hybridized carbons (Fsp3) is 0.364. The zero-order valence-corrected chi connectivity index (χ0v) is 8.86. The highest BCUT2D eigenvalue weighted by molar-refractivity contribution is 5.93. The van der Waals surface area contributed by atoms with Crippen LogP contribution in [0.1, 0.15) is 24.2 Å². The molecule has 82 valence electrons. The summed E-state index contributed by atoms with van der Waals surface area (Å²) in [6.45, 7) is 3.19. The Bertz CT molecular complexity index is 322. The lowest BCUT2D eigenvalue weighted by atomic mass is 10.2. The van der Waals surface area contributed by atoms with Crippen LogP contribution in [0, 0.1) is 0 Å². The van der Waals surface area contributed by atoms with Gasteiger partial charge in [-0.25, -0.2) is 5.48 Å². The molecule has 1 aromatic rings. The summed E-state index contributed by atoms with van der Waals surface area (Å²) in [5.74, 6) is -0.322. The van der Waals surface area contributed by atoms with Gasteiger partial charge in [0.05, 0.1) is 6.61 Å². The minimum Gasteiger partial charge on any atom is -0.393 e. The van der Waals surface area contributed by atoms with Crippen LogP contribution in [0.5, 0.6) is 0 Å². The summed E-state index contributed by atoms with van der Waals surface area (Å²) >= 11 is 0. The predicted octanol–water partition coefficient (Wildman–Crippen LogP) is 1.12. The van der Waals surface area contributed by atoms with Crippen molar-refractivity contribution in [2.75, 3.05) is 6.61 Å². The summed E-state index contributed by atoms with van der Waals surface area (Å²) in [7, 11) is 0. The van der Waals surface area contributed by atoms with E-state index in [-0.39, 0.29) is 12.5 Å². The number of aliphatic hydroxyl groups is 1. The molecule has 4 nitrogen and oxygen atoms in total. The van der Waals surface area contributed by atoms with Gasteiger partial charge in [-0.2, -0.15) is 0 Å². The van der Waals surface area contributed by atoms with Gasteiger partial charge in [-0.1, -0.05) is 18.2 Å². The van der Waals surface area contributed by atoms with Gasteiger partial charge in [0, 0.05) is 5.56 Å². The molecule has 1 aromatic carbocycles. The summed E-state index contributed by atoms with van der Waals surface area (Å²) in [5, 5.41) is 8.90. The molecule has 0 aliphatic carbocycles. The van der Waals surface area contributed by atoms with Crippen LogP contribution in [0.3, 0.4) is 0 Å². The van der Waals surface area contributed by atoms with Crippen LogP contribution in [-0.2, 0) is 4.84 Å². The van der Waals surface area contributed by atoms with Gasteiger partial charge in [-0.3, -0.25) is 9.63 Å². The Morgan fingerprint density at radius 3 is 2.53 bits per heavy atom. The van der Waals surface area contributed by atoms with Crippen LogP contribution in [0.2, 0.25) is 0 Å². The molecule has 1 rings (SSSR count). The molecule has 0 saturated heterocycles. The molecule has 0 atom stereocenters.